The van der Waals surface area contributed by atoms with E-state index in [4.69, 9.17) is 4.42 Å². The summed E-state index contributed by atoms with van der Waals surface area (Å²) in [6, 6.07) is 14.6. The predicted molar refractivity (Wildman–Crippen MR) is 116 cm³/mol. The van der Waals surface area contributed by atoms with Crippen LogP contribution in [0, 0.1) is 0 Å². The van der Waals surface area contributed by atoms with E-state index in [1.54, 1.807) is 24.3 Å². The van der Waals surface area contributed by atoms with E-state index in [-0.39, 0.29) is 11.7 Å². The third kappa shape index (κ3) is 4.82. The van der Waals surface area contributed by atoms with Crippen molar-refractivity contribution in [3.05, 3.63) is 54.1 Å². The van der Waals surface area contributed by atoms with Crippen LogP contribution < -0.4 is 9.62 Å². The number of aryl methyl sites for hydroxylation is 1. The minimum absolute atomic E-state index is 0.00287. The fourth-order valence-electron chi connectivity index (χ4n) is 3.27. The second-order valence-electron chi connectivity index (χ2n) is 6.89. The largest absolute Gasteiger partial charge is 0.411 e. The smallest absolute Gasteiger partial charge is 0.277 e. The fourth-order valence-corrected chi connectivity index (χ4v) is 4.48. The first kappa shape index (κ1) is 20.4. The van der Waals surface area contributed by atoms with E-state index < -0.39 is 10.0 Å². The maximum absolute atomic E-state index is 12.7. The van der Waals surface area contributed by atoms with Gasteiger partial charge in [0.1, 0.15) is 0 Å². The Balaban J connectivity index is 1.39. The maximum Gasteiger partial charge on any atom is 0.277 e. The standard InChI is InChI=1S/C20H20N4O4S2/c1-30(26,27)23-16-10-8-15(9-11-16)19-21-22-20(28-19)29-13-18(25)24-12-4-6-14-5-2-3-7-17(14)24/h2-3,5,7-11,23H,4,6,12-13H2,1H3. The Morgan fingerprint density at radius 3 is 2.70 bits per heavy atom. The molecule has 156 valence electrons. The summed E-state index contributed by atoms with van der Waals surface area (Å²) < 4.78 is 30.6. The molecule has 0 fully saturated rings. The van der Waals surface area contributed by atoms with Gasteiger partial charge in [-0.25, -0.2) is 8.42 Å². The van der Waals surface area contributed by atoms with Crippen LogP contribution in [0.5, 0.6) is 0 Å². The van der Waals surface area contributed by atoms with E-state index in [0.29, 0.717) is 28.9 Å². The van der Waals surface area contributed by atoms with Gasteiger partial charge in [0, 0.05) is 23.5 Å². The third-order valence-corrected chi connectivity index (χ3v) is 5.98. The molecule has 1 aliphatic rings. The summed E-state index contributed by atoms with van der Waals surface area (Å²) in [6.07, 6.45) is 3.02. The number of fused-ring (bicyclic) bond motifs is 1. The van der Waals surface area contributed by atoms with Crippen LogP contribution in [-0.2, 0) is 21.2 Å². The highest BCUT2D eigenvalue weighted by Gasteiger charge is 2.22. The highest BCUT2D eigenvalue weighted by atomic mass is 32.2. The molecule has 0 aliphatic carbocycles. The molecule has 2 heterocycles. The lowest BCUT2D eigenvalue weighted by Gasteiger charge is -2.29. The number of carbonyl (C=O) groups is 1. The Kier molecular flexibility index (Phi) is 5.78. The van der Waals surface area contributed by atoms with Crippen molar-refractivity contribution in [2.24, 2.45) is 0 Å². The van der Waals surface area contributed by atoms with Gasteiger partial charge in [-0.1, -0.05) is 30.0 Å². The van der Waals surface area contributed by atoms with Gasteiger partial charge in [0.25, 0.3) is 5.22 Å². The van der Waals surface area contributed by atoms with E-state index in [9.17, 15) is 13.2 Å². The second kappa shape index (κ2) is 8.49. The molecule has 0 atom stereocenters. The van der Waals surface area contributed by atoms with Gasteiger partial charge in [-0.15, -0.1) is 10.2 Å². The summed E-state index contributed by atoms with van der Waals surface area (Å²) >= 11 is 1.20. The van der Waals surface area contributed by atoms with Crippen molar-refractivity contribution in [1.29, 1.82) is 0 Å². The molecular formula is C20H20N4O4S2. The molecule has 8 nitrogen and oxygen atoms in total. The lowest BCUT2D eigenvalue weighted by atomic mass is 10.0. The summed E-state index contributed by atoms with van der Waals surface area (Å²) in [5.41, 5.74) is 3.27. The number of amides is 1. The van der Waals surface area contributed by atoms with Gasteiger partial charge in [0.05, 0.1) is 12.0 Å². The number of anilines is 2. The third-order valence-electron chi connectivity index (χ3n) is 4.57. The normalized spacial score (nSPS) is 13.7. The number of benzene rings is 2. The molecule has 0 unspecified atom stereocenters. The molecule has 0 bridgehead atoms. The van der Waals surface area contributed by atoms with Gasteiger partial charge >= 0.3 is 0 Å². The summed E-state index contributed by atoms with van der Waals surface area (Å²) in [4.78, 5) is 14.5. The van der Waals surface area contributed by atoms with Crippen LogP contribution in [0.2, 0.25) is 0 Å². The number of rotatable bonds is 6. The number of carbonyl (C=O) groups excluding carboxylic acids is 1. The van der Waals surface area contributed by atoms with E-state index in [0.717, 1.165) is 24.8 Å². The van der Waals surface area contributed by atoms with E-state index in [1.807, 2.05) is 23.1 Å². The van der Waals surface area contributed by atoms with Gasteiger partial charge in [-0.05, 0) is 48.7 Å². The Hall–Kier alpha value is -2.85. The quantitative estimate of drug-likeness (QED) is 0.582. The van der Waals surface area contributed by atoms with Crippen molar-refractivity contribution in [2.75, 3.05) is 28.2 Å². The molecule has 10 heteroatoms. The summed E-state index contributed by atoms with van der Waals surface area (Å²) in [7, 11) is -3.33. The number of aromatic nitrogens is 2. The fraction of sp³-hybridized carbons (Fsp3) is 0.250. The minimum atomic E-state index is -3.33. The van der Waals surface area contributed by atoms with Crippen LogP contribution in [0.1, 0.15) is 12.0 Å². The molecule has 0 radical (unpaired) electrons. The zero-order chi connectivity index (χ0) is 21.1. The zero-order valence-electron chi connectivity index (χ0n) is 16.2. The number of hydrogen-bond donors (Lipinski definition) is 1. The van der Waals surface area contributed by atoms with Crippen molar-refractivity contribution in [3.8, 4) is 11.5 Å². The Morgan fingerprint density at radius 2 is 1.93 bits per heavy atom. The van der Waals surface area contributed by atoms with Crippen molar-refractivity contribution in [1.82, 2.24) is 10.2 Å². The zero-order valence-corrected chi connectivity index (χ0v) is 17.9. The van der Waals surface area contributed by atoms with Crippen LogP contribution in [-0.4, -0.2) is 43.1 Å². The molecular weight excluding hydrogens is 424 g/mol. The Bertz CT molecular complexity index is 1160. The number of thioether (sulfide) groups is 1. The minimum Gasteiger partial charge on any atom is -0.411 e. The first-order valence-corrected chi connectivity index (χ1v) is 12.2. The van der Waals surface area contributed by atoms with Crippen LogP contribution in [0.25, 0.3) is 11.5 Å². The number of nitrogens with zero attached hydrogens (tertiary/aromatic N) is 3. The Morgan fingerprint density at radius 1 is 1.17 bits per heavy atom. The topological polar surface area (TPSA) is 105 Å². The number of sulfonamides is 1. The highest BCUT2D eigenvalue weighted by Crippen LogP contribution is 2.29. The predicted octanol–water partition coefficient (Wildman–Crippen LogP) is 3.18. The Labute approximate surface area is 178 Å². The molecule has 30 heavy (non-hydrogen) atoms. The second-order valence-corrected chi connectivity index (χ2v) is 9.57. The number of para-hydroxylation sites is 1. The molecule has 3 aromatic rings. The van der Waals surface area contributed by atoms with Gasteiger partial charge in [0.2, 0.25) is 21.8 Å². The lowest BCUT2D eigenvalue weighted by molar-refractivity contribution is -0.116. The highest BCUT2D eigenvalue weighted by molar-refractivity contribution is 7.99. The first-order chi connectivity index (χ1) is 14.4. The maximum atomic E-state index is 12.7. The molecule has 1 amide bonds. The monoisotopic (exact) mass is 444 g/mol. The van der Waals surface area contributed by atoms with Gasteiger partial charge in [0.15, 0.2) is 0 Å². The molecule has 1 aliphatic heterocycles. The van der Waals surface area contributed by atoms with Crippen molar-refractivity contribution in [3.63, 3.8) is 0 Å². The lowest BCUT2D eigenvalue weighted by Crippen LogP contribution is -2.36. The molecule has 1 N–H and O–H groups in total. The van der Waals surface area contributed by atoms with Gasteiger partial charge < -0.3 is 9.32 Å². The molecule has 1 aromatic heterocycles. The van der Waals surface area contributed by atoms with Crippen molar-refractivity contribution >= 4 is 39.1 Å². The van der Waals surface area contributed by atoms with E-state index in [2.05, 4.69) is 21.0 Å². The van der Waals surface area contributed by atoms with Crippen LogP contribution in [0.3, 0.4) is 0 Å². The number of hydrogen-bond acceptors (Lipinski definition) is 7. The molecule has 0 saturated carbocycles. The first-order valence-electron chi connectivity index (χ1n) is 9.32. The van der Waals surface area contributed by atoms with Crippen molar-refractivity contribution in [2.45, 2.75) is 18.1 Å². The SMILES string of the molecule is CS(=O)(=O)Nc1ccc(-c2nnc(SCC(=O)N3CCCc4ccccc43)o2)cc1. The van der Waals surface area contributed by atoms with Gasteiger partial charge in [-0.2, -0.15) is 0 Å². The summed E-state index contributed by atoms with van der Waals surface area (Å²) in [5.74, 6) is 0.509. The summed E-state index contributed by atoms with van der Waals surface area (Å²) in [6.45, 7) is 0.708. The average molecular weight is 445 g/mol. The average Bonchev–Trinajstić information content (AvgIpc) is 3.20. The summed E-state index contributed by atoms with van der Waals surface area (Å²) in [5, 5.41) is 8.32. The van der Waals surface area contributed by atoms with Crippen LogP contribution in [0.15, 0.2) is 58.2 Å². The van der Waals surface area contributed by atoms with Crippen LogP contribution >= 0.6 is 11.8 Å². The molecule has 4 rings (SSSR count). The van der Waals surface area contributed by atoms with Crippen LogP contribution in [0.4, 0.5) is 11.4 Å². The van der Waals surface area contributed by atoms with E-state index >= 15 is 0 Å². The molecule has 0 saturated heterocycles. The van der Waals surface area contributed by atoms with Crippen molar-refractivity contribution < 1.29 is 17.6 Å². The molecule has 2 aromatic carbocycles. The molecule has 0 spiro atoms. The number of nitrogens with one attached hydrogen (secondary N) is 1. The van der Waals surface area contributed by atoms with Gasteiger partial charge in [-0.3, -0.25) is 9.52 Å². The van der Waals surface area contributed by atoms with E-state index in [1.165, 1.54) is 17.3 Å².